The van der Waals surface area contributed by atoms with Crippen LogP contribution in [0.1, 0.15) is 20.9 Å². The smallest absolute Gasteiger partial charge is 0.433 e. The lowest BCUT2D eigenvalue weighted by Crippen LogP contribution is -2.12. The van der Waals surface area contributed by atoms with Crippen LogP contribution in [0.5, 0.6) is 5.75 Å². The van der Waals surface area contributed by atoms with Gasteiger partial charge in [0.2, 0.25) is 0 Å². The van der Waals surface area contributed by atoms with Crippen molar-refractivity contribution in [2.75, 3.05) is 5.32 Å². The van der Waals surface area contributed by atoms with Gasteiger partial charge in [-0.1, -0.05) is 12.1 Å². The van der Waals surface area contributed by atoms with E-state index in [1.54, 1.807) is 11.4 Å². The average molecular weight is 417 g/mol. The van der Waals surface area contributed by atoms with E-state index in [2.05, 4.69) is 15.2 Å². The molecular weight excluding hydrogens is 405 g/mol. The highest BCUT2D eigenvalue weighted by molar-refractivity contribution is 7.12. The molecule has 2 aromatic heterocycles. The molecular formula is C17H12F5N3O2S. The normalized spacial score (nSPS) is 11.6. The Kier molecular flexibility index (Phi) is 5.63. The largest absolute Gasteiger partial charge is 0.435 e. The van der Waals surface area contributed by atoms with E-state index in [4.69, 9.17) is 0 Å². The minimum Gasteiger partial charge on any atom is -0.433 e. The molecule has 1 aromatic carbocycles. The summed E-state index contributed by atoms with van der Waals surface area (Å²) in [4.78, 5) is 12.6. The van der Waals surface area contributed by atoms with Gasteiger partial charge in [0.1, 0.15) is 5.75 Å². The molecule has 28 heavy (non-hydrogen) atoms. The number of para-hydroxylation sites is 2. The number of amides is 1. The third-order valence-corrected chi connectivity index (χ3v) is 4.48. The number of anilines is 1. The van der Waals surface area contributed by atoms with Crippen molar-refractivity contribution in [1.82, 2.24) is 9.78 Å². The molecule has 0 saturated heterocycles. The van der Waals surface area contributed by atoms with E-state index in [1.807, 2.05) is 0 Å². The van der Waals surface area contributed by atoms with E-state index in [0.29, 0.717) is 5.56 Å². The maximum absolute atomic E-state index is 12.6. The van der Waals surface area contributed by atoms with Gasteiger partial charge in [-0.25, -0.2) is 0 Å². The minimum atomic E-state index is -4.53. The monoisotopic (exact) mass is 417 g/mol. The number of thiophene rings is 1. The number of halogens is 5. The molecule has 1 N–H and O–H groups in total. The van der Waals surface area contributed by atoms with Crippen molar-refractivity contribution in [2.45, 2.75) is 19.3 Å². The van der Waals surface area contributed by atoms with Crippen molar-refractivity contribution >= 4 is 22.9 Å². The molecule has 148 valence electrons. The summed E-state index contributed by atoms with van der Waals surface area (Å²) in [6.07, 6.45) is -3.34. The number of rotatable bonds is 6. The first-order valence-electron chi connectivity index (χ1n) is 7.75. The lowest BCUT2D eigenvalue weighted by Gasteiger charge is -2.10. The van der Waals surface area contributed by atoms with Crippen molar-refractivity contribution in [3.05, 3.63) is 64.1 Å². The molecule has 3 aromatic rings. The van der Waals surface area contributed by atoms with Gasteiger partial charge in [0, 0.05) is 6.20 Å². The van der Waals surface area contributed by atoms with Crippen molar-refractivity contribution in [2.24, 2.45) is 0 Å². The Morgan fingerprint density at radius 1 is 1.25 bits per heavy atom. The average Bonchev–Trinajstić information content (AvgIpc) is 3.26. The third-order valence-electron chi connectivity index (χ3n) is 3.50. The van der Waals surface area contributed by atoms with Gasteiger partial charge in [0.25, 0.3) is 5.91 Å². The van der Waals surface area contributed by atoms with Gasteiger partial charge >= 0.3 is 12.8 Å². The molecule has 5 nitrogen and oxygen atoms in total. The first kappa shape index (κ1) is 19.8. The number of aromatic nitrogens is 2. The van der Waals surface area contributed by atoms with Crippen LogP contribution in [0.25, 0.3) is 0 Å². The second kappa shape index (κ2) is 7.97. The highest BCUT2D eigenvalue weighted by Gasteiger charge is 2.33. The number of carbonyl (C=O) groups excluding carboxylic acids is 1. The molecule has 2 heterocycles. The third kappa shape index (κ3) is 4.85. The zero-order valence-corrected chi connectivity index (χ0v) is 14.7. The summed E-state index contributed by atoms with van der Waals surface area (Å²) in [5.74, 6) is -0.739. The molecule has 0 fully saturated rings. The quantitative estimate of drug-likeness (QED) is 0.583. The number of nitrogens with zero attached hydrogens (tertiary/aromatic N) is 2. The van der Waals surface area contributed by atoms with Gasteiger partial charge < -0.3 is 10.1 Å². The first-order valence-corrected chi connectivity index (χ1v) is 8.63. The van der Waals surface area contributed by atoms with Crippen molar-refractivity contribution in [3.63, 3.8) is 0 Å². The lowest BCUT2D eigenvalue weighted by atomic mass is 10.2. The van der Waals surface area contributed by atoms with Crippen LogP contribution >= 0.6 is 11.3 Å². The molecule has 0 aliphatic heterocycles. The van der Waals surface area contributed by atoms with Crippen LogP contribution in [0.2, 0.25) is 0 Å². The highest BCUT2D eigenvalue weighted by Crippen LogP contribution is 2.28. The summed E-state index contributed by atoms with van der Waals surface area (Å²) in [5, 5.41) is 7.52. The zero-order valence-electron chi connectivity index (χ0n) is 13.9. The van der Waals surface area contributed by atoms with E-state index >= 15 is 0 Å². The van der Waals surface area contributed by atoms with Gasteiger partial charge in [-0.3, -0.25) is 9.48 Å². The molecule has 0 bridgehead atoms. The number of carbonyl (C=O) groups is 1. The topological polar surface area (TPSA) is 56.1 Å². The molecule has 0 radical (unpaired) electrons. The standard InChI is InChI=1S/C17H12F5N3O2S/c18-16(19)27-12-4-2-1-3-11(12)23-15(26)13-7-10(9-28-13)8-25-6-5-14(24-25)17(20,21)22/h1-7,9,16H,8H2,(H,23,26). The number of ether oxygens (including phenoxy) is 1. The maximum Gasteiger partial charge on any atom is 0.435 e. The van der Waals surface area contributed by atoms with Crippen LogP contribution in [0.15, 0.2) is 48.0 Å². The SMILES string of the molecule is O=C(Nc1ccccc1OC(F)F)c1cc(Cn2ccc(C(F)(F)F)n2)cs1. The highest BCUT2D eigenvalue weighted by atomic mass is 32.1. The van der Waals surface area contributed by atoms with E-state index in [9.17, 15) is 26.7 Å². The Labute approximate surface area is 159 Å². The fourth-order valence-corrected chi connectivity index (χ4v) is 3.12. The maximum atomic E-state index is 12.6. The Balaban J connectivity index is 1.69. The summed E-state index contributed by atoms with van der Waals surface area (Å²) >= 11 is 1.06. The summed E-state index contributed by atoms with van der Waals surface area (Å²) in [6.45, 7) is -2.99. The molecule has 0 aliphatic carbocycles. The molecule has 0 aliphatic rings. The number of hydrogen-bond donors (Lipinski definition) is 1. The number of hydrogen-bond acceptors (Lipinski definition) is 4. The molecule has 0 atom stereocenters. The Bertz CT molecular complexity index is 968. The van der Waals surface area contributed by atoms with E-state index in [-0.39, 0.29) is 22.9 Å². The van der Waals surface area contributed by atoms with E-state index in [0.717, 1.165) is 22.1 Å². The molecule has 0 unspecified atom stereocenters. The minimum absolute atomic E-state index is 0.0466. The van der Waals surface area contributed by atoms with E-state index < -0.39 is 24.4 Å². The molecule has 11 heteroatoms. The molecule has 0 saturated carbocycles. The second-order valence-corrected chi connectivity index (χ2v) is 6.46. The van der Waals surface area contributed by atoms with E-state index in [1.165, 1.54) is 30.5 Å². The van der Waals surface area contributed by atoms with Gasteiger partial charge in [-0.15, -0.1) is 11.3 Å². The van der Waals surface area contributed by atoms with Crippen molar-refractivity contribution < 1.29 is 31.5 Å². The molecule has 3 rings (SSSR count). The number of alkyl halides is 5. The Morgan fingerprint density at radius 2 is 2.00 bits per heavy atom. The first-order chi connectivity index (χ1) is 13.2. The van der Waals surface area contributed by atoms with Gasteiger partial charge in [0.15, 0.2) is 5.69 Å². The van der Waals surface area contributed by atoms with Crippen LogP contribution in [0.3, 0.4) is 0 Å². The van der Waals surface area contributed by atoms with Crippen LogP contribution in [0, 0.1) is 0 Å². The van der Waals surface area contributed by atoms with Crippen LogP contribution in [-0.2, 0) is 12.7 Å². The fraction of sp³-hybridized carbons (Fsp3) is 0.176. The van der Waals surface area contributed by atoms with Crippen LogP contribution in [-0.4, -0.2) is 22.3 Å². The van der Waals surface area contributed by atoms with Gasteiger partial charge in [0.05, 0.1) is 17.1 Å². The van der Waals surface area contributed by atoms with Crippen molar-refractivity contribution in [3.8, 4) is 5.75 Å². The second-order valence-electron chi connectivity index (χ2n) is 5.54. The predicted molar refractivity (Wildman–Crippen MR) is 91.7 cm³/mol. The van der Waals surface area contributed by atoms with Crippen molar-refractivity contribution in [1.29, 1.82) is 0 Å². The number of nitrogens with one attached hydrogen (secondary N) is 1. The Hall–Kier alpha value is -2.95. The zero-order chi connectivity index (χ0) is 20.3. The summed E-state index contributed by atoms with van der Waals surface area (Å²) < 4.78 is 68.1. The molecule has 1 amide bonds. The lowest BCUT2D eigenvalue weighted by molar-refractivity contribution is -0.141. The summed E-state index contributed by atoms with van der Waals surface area (Å²) in [6, 6.07) is 8.08. The fourth-order valence-electron chi connectivity index (χ4n) is 2.32. The van der Waals surface area contributed by atoms with Crippen LogP contribution in [0.4, 0.5) is 27.6 Å². The van der Waals surface area contributed by atoms with Gasteiger partial charge in [-0.05, 0) is 35.2 Å². The predicted octanol–water partition coefficient (Wildman–Crippen LogP) is 4.87. The summed E-state index contributed by atoms with van der Waals surface area (Å²) in [7, 11) is 0. The molecule has 0 spiro atoms. The number of benzene rings is 1. The van der Waals surface area contributed by atoms with Crippen LogP contribution < -0.4 is 10.1 Å². The summed E-state index contributed by atoms with van der Waals surface area (Å²) in [5.41, 5.74) is -0.356. The Morgan fingerprint density at radius 3 is 2.68 bits per heavy atom. The van der Waals surface area contributed by atoms with Gasteiger partial charge in [-0.2, -0.15) is 27.1 Å².